The Morgan fingerprint density at radius 3 is 2.67 bits per heavy atom. The minimum Gasteiger partial charge on any atom is -0.349 e. The van der Waals surface area contributed by atoms with Gasteiger partial charge in [-0.25, -0.2) is 0 Å². The van der Waals surface area contributed by atoms with Gasteiger partial charge in [-0.1, -0.05) is 23.2 Å². The highest BCUT2D eigenvalue weighted by Crippen LogP contribution is 2.37. The topological polar surface area (TPSA) is 36.1 Å². The van der Waals surface area contributed by atoms with Crippen molar-refractivity contribution in [3.63, 3.8) is 0 Å². The highest BCUT2D eigenvalue weighted by Gasteiger charge is 2.38. The molecule has 2 saturated carbocycles. The van der Waals surface area contributed by atoms with E-state index in [-0.39, 0.29) is 5.91 Å². The van der Waals surface area contributed by atoms with Crippen LogP contribution in [0.2, 0.25) is 10.0 Å². The van der Waals surface area contributed by atoms with Crippen molar-refractivity contribution in [1.29, 1.82) is 0 Å². The SMILES string of the molecule is O=C(c1[nH]c2ccc(Cl)cc2c1Cl)N(CC1CC1)C1CC1. The molecule has 2 fully saturated rings. The lowest BCUT2D eigenvalue weighted by Crippen LogP contribution is -2.35. The van der Waals surface area contributed by atoms with E-state index < -0.39 is 0 Å². The molecule has 0 aliphatic heterocycles. The van der Waals surface area contributed by atoms with Gasteiger partial charge in [0.1, 0.15) is 5.69 Å². The number of H-pyrrole nitrogens is 1. The molecular formula is C16H16Cl2N2O. The van der Waals surface area contributed by atoms with Crippen LogP contribution in [0.3, 0.4) is 0 Å². The molecule has 1 amide bonds. The summed E-state index contributed by atoms with van der Waals surface area (Å²) in [7, 11) is 0. The molecule has 4 rings (SSSR count). The van der Waals surface area contributed by atoms with Crippen LogP contribution in [0.5, 0.6) is 0 Å². The third-order valence-electron chi connectivity index (χ3n) is 4.31. The summed E-state index contributed by atoms with van der Waals surface area (Å²) in [6.45, 7) is 0.871. The van der Waals surface area contributed by atoms with Gasteiger partial charge >= 0.3 is 0 Å². The summed E-state index contributed by atoms with van der Waals surface area (Å²) in [5.74, 6) is 0.717. The van der Waals surface area contributed by atoms with Crippen LogP contribution in [0.1, 0.15) is 36.2 Å². The molecule has 1 heterocycles. The number of hydrogen-bond donors (Lipinski definition) is 1. The zero-order valence-corrected chi connectivity index (χ0v) is 13.0. The number of amides is 1. The lowest BCUT2D eigenvalue weighted by Gasteiger charge is -2.21. The Morgan fingerprint density at radius 1 is 1.24 bits per heavy atom. The van der Waals surface area contributed by atoms with Crippen LogP contribution in [0.4, 0.5) is 0 Å². The summed E-state index contributed by atoms with van der Waals surface area (Å²) in [6, 6.07) is 5.87. The van der Waals surface area contributed by atoms with Gasteiger partial charge in [0, 0.05) is 28.5 Å². The Labute approximate surface area is 133 Å². The molecule has 0 saturated heterocycles. The van der Waals surface area contributed by atoms with E-state index in [9.17, 15) is 4.79 Å². The molecule has 0 atom stereocenters. The van der Waals surface area contributed by atoms with Crippen molar-refractivity contribution in [3.05, 3.63) is 33.9 Å². The van der Waals surface area contributed by atoms with E-state index in [0.717, 1.165) is 30.3 Å². The Morgan fingerprint density at radius 2 is 2.00 bits per heavy atom. The number of halogens is 2. The van der Waals surface area contributed by atoms with Crippen molar-refractivity contribution in [3.8, 4) is 0 Å². The maximum absolute atomic E-state index is 12.8. The highest BCUT2D eigenvalue weighted by molar-refractivity contribution is 6.39. The van der Waals surface area contributed by atoms with Gasteiger partial charge in [-0.15, -0.1) is 0 Å². The molecular weight excluding hydrogens is 307 g/mol. The van der Waals surface area contributed by atoms with E-state index >= 15 is 0 Å². The number of carbonyl (C=O) groups excluding carboxylic acids is 1. The normalized spacial score (nSPS) is 18.2. The first-order chi connectivity index (χ1) is 10.1. The summed E-state index contributed by atoms with van der Waals surface area (Å²) < 4.78 is 0. The van der Waals surface area contributed by atoms with Crippen LogP contribution in [-0.2, 0) is 0 Å². The second kappa shape index (κ2) is 4.92. The maximum Gasteiger partial charge on any atom is 0.272 e. The van der Waals surface area contributed by atoms with Crippen molar-refractivity contribution in [2.24, 2.45) is 5.92 Å². The predicted octanol–water partition coefficient (Wildman–Crippen LogP) is 4.49. The van der Waals surface area contributed by atoms with Crippen molar-refractivity contribution in [2.45, 2.75) is 31.7 Å². The zero-order valence-electron chi connectivity index (χ0n) is 11.5. The molecule has 1 N–H and O–H groups in total. The third-order valence-corrected chi connectivity index (χ3v) is 4.94. The van der Waals surface area contributed by atoms with Gasteiger partial charge in [0.25, 0.3) is 5.91 Å². The molecule has 0 bridgehead atoms. The average molecular weight is 323 g/mol. The molecule has 5 heteroatoms. The summed E-state index contributed by atoms with van der Waals surface area (Å²) in [5.41, 5.74) is 1.36. The molecule has 0 unspecified atom stereocenters. The number of aromatic nitrogens is 1. The van der Waals surface area contributed by atoms with Crippen molar-refractivity contribution in [2.75, 3.05) is 6.54 Å². The fourth-order valence-electron chi connectivity index (χ4n) is 2.78. The summed E-state index contributed by atoms with van der Waals surface area (Å²) in [6.07, 6.45) is 4.71. The van der Waals surface area contributed by atoms with Crippen molar-refractivity contribution < 1.29 is 4.79 Å². The number of fused-ring (bicyclic) bond motifs is 1. The van der Waals surface area contributed by atoms with Gasteiger partial charge in [-0.05, 0) is 49.8 Å². The van der Waals surface area contributed by atoms with Crippen LogP contribution in [0.25, 0.3) is 10.9 Å². The molecule has 0 spiro atoms. The van der Waals surface area contributed by atoms with E-state index in [1.54, 1.807) is 12.1 Å². The minimum absolute atomic E-state index is 0.0294. The van der Waals surface area contributed by atoms with Crippen molar-refractivity contribution >= 4 is 40.0 Å². The van der Waals surface area contributed by atoms with Gasteiger partial charge < -0.3 is 9.88 Å². The first kappa shape index (κ1) is 13.5. The lowest BCUT2D eigenvalue weighted by atomic mass is 10.2. The number of nitrogens with zero attached hydrogens (tertiary/aromatic N) is 1. The van der Waals surface area contributed by atoms with Gasteiger partial charge in [-0.3, -0.25) is 4.79 Å². The van der Waals surface area contributed by atoms with E-state index in [4.69, 9.17) is 23.2 Å². The molecule has 2 aliphatic carbocycles. The van der Waals surface area contributed by atoms with E-state index in [1.807, 2.05) is 11.0 Å². The van der Waals surface area contributed by atoms with Crippen LogP contribution in [0, 0.1) is 5.92 Å². The third kappa shape index (κ3) is 2.53. The van der Waals surface area contributed by atoms with Crippen LogP contribution < -0.4 is 0 Å². The molecule has 2 aliphatic rings. The number of carbonyl (C=O) groups is 1. The number of nitrogens with one attached hydrogen (secondary N) is 1. The summed E-state index contributed by atoms with van der Waals surface area (Å²) in [5, 5.41) is 1.92. The van der Waals surface area contributed by atoms with Gasteiger partial charge in [0.15, 0.2) is 0 Å². The highest BCUT2D eigenvalue weighted by atomic mass is 35.5. The Bertz CT molecular complexity index is 716. The minimum atomic E-state index is 0.0294. The average Bonchev–Trinajstić information content (AvgIpc) is 3.35. The molecule has 3 nitrogen and oxygen atoms in total. The van der Waals surface area contributed by atoms with Crippen LogP contribution in [-0.4, -0.2) is 28.4 Å². The number of benzene rings is 1. The molecule has 1 aromatic carbocycles. The van der Waals surface area contributed by atoms with Gasteiger partial charge in [0.2, 0.25) is 0 Å². The van der Waals surface area contributed by atoms with E-state index in [2.05, 4.69) is 4.98 Å². The van der Waals surface area contributed by atoms with E-state index in [0.29, 0.717) is 27.7 Å². The number of aromatic amines is 1. The molecule has 2 aromatic rings. The van der Waals surface area contributed by atoms with Crippen molar-refractivity contribution in [1.82, 2.24) is 9.88 Å². The fourth-order valence-corrected chi connectivity index (χ4v) is 3.24. The number of hydrogen-bond acceptors (Lipinski definition) is 1. The Kier molecular flexibility index (Phi) is 3.16. The quantitative estimate of drug-likeness (QED) is 0.884. The molecule has 1 aromatic heterocycles. The predicted molar refractivity (Wildman–Crippen MR) is 85.1 cm³/mol. The monoisotopic (exact) mass is 322 g/mol. The molecule has 21 heavy (non-hydrogen) atoms. The summed E-state index contributed by atoms with van der Waals surface area (Å²) in [4.78, 5) is 18.0. The Hall–Kier alpha value is -1.19. The van der Waals surface area contributed by atoms with Gasteiger partial charge in [-0.2, -0.15) is 0 Å². The molecule has 0 radical (unpaired) electrons. The van der Waals surface area contributed by atoms with E-state index in [1.165, 1.54) is 12.8 Å². The molecule has 110 valence electrons. The second-order valence-electron chi connectivity index (χ2n) is 6.14. The standard InChI is InChI=1S/C16H16Cl2N2O/c17-10-3-6-13-12(7-10)14(18)15(19-13)16(21)20(11-4-5-11)8-9-1-2-9/h3,6-7,9,11,19H,1-2,4-5,8H2. The first-order valence-electron chi connectivity index (χ1n) is 7.41. The first-order valence-corrected chi connectivity index (χ1v) is 8.17. The maximum atomic E-state index is 12.8. The lowest BCUT2D eigenvalue weighted by molar-refractivity contribution is 0.0730. The fraction of sp³-hybridized carbons (Fsp3) is 0.438. The van der Waals surface area contributed by atoms with Crippen LogP contribution in [0.15, 0.2) is 18.2 Å². The zero-order chi connectivity index (χ0) is 14.6. The smallest absolute Gasteiger partial charge is 0.272 e. The van der Waals surface area contributed by atoms with Gasteiger partial charge in [0.05, 0.1) is 5.02 Å². The van der Waals surface area contributed by atoms with Crippen LogP contribution >= 0.6 is 23.2 Å². The Balaban J connectivity index is 1.70. The summed E-state index contributed by atoms with van der Waals surface area (Å²) >= 11 is 12.4. The second-order valence-corrected chi connectivity index (χ2v) is 6.95. The number of rotatable bonds is 4. The largest absolute Gasteiger partial charge is 0.349 e.